The van der Waals surface area contributed by atoms with Crippen molar-refractivity contribution < 1.29 is 23.9 Å². The SMILES string of the molecule is CCC(OC(C)=O)C(=O)Nc1cccc2c1C(=O)c1ccccc1C2=O. The molecule has 1 aliphatic rings. The number of anilines is 1. The van der Waals surface area contributed by atoms with E-state index in [-0.39, 0.29) is 34.8 Å². The van der Waals surface area contributed by atoms with Gasteiger partial charge in [0.05, 0.1) is 11.3 Å². The number of hydrogen-bond acceptors (Lipinski definition) is 5. The molecule has 0 saturated heterocycles. The fraction of sp³-hybridized carbons (Fsp3) is 0.200. The van der Waals surface area contributed by atoms with Gasteiger partial charge in [-0.15, -0.1) is 0 Å². The molecule has 3 rings (SSSR count). The van der Waals surface area contributed by atoms with E-state index < -0.39 is 18.0 Å². The Morgan fingerprint density at radius 3 is 2.19 bits per heavy atom. The number of hydrogen-bond donors (Lipinski definition) is 1. The number of rotatable bonds is 4. The molecule has 0 bridgehead atoms. The standard InChI is InChI=1S/C20H17NO5/c1-3-16(26-11(2)22)20(25)21-15-10-6-9-14-17(15)19(24)13-8-5-4-7-12(13)18(14)23/h4-10,16H,3H2,1-2H3,(H,21,25). The lowest BCUT2D eigenvalue weighted by atomic mass is 9.83. The zero-order chi connectivity index (χ0) is 18.8. The van der Waals surface area contributed by atoms with Crippen molar-refractivity contribution in [2.24, 2.45) is 0 Å². The van der Waals surface area contributed by atoms with E-state index in [2.05, 4.69) is 5.32 Å². The summed E-state index contributed by atoms with van der Waals surface area (Å²) in [4.78, 5) is 49.1. The highest BCUT2D eigenvalue weighted by molar-refractivity contribution is 6.30. The summed E-state index contributed by atoms with van der Waals surface area (Å²) in [6, 6.07) is 11.3. The predicted molar refractivity (Wildman–Crippen MR) is 94.2 cm³/mol. The van der Waals surface area contributed by atoms with E-state index in [1.807, 2.05) is 0 Å². The Kier molecular flexibility index (Phi) is 4.67. The van der Waals surface area contributed by atoms with Crippen molar-refractivity contribution in [1.29, 1.82) is 0 Å². The van der Waals surface area contributed by atoms with Gasteiger partial charge < -0.3 is 10.1 Å². The van der Waals surface area contributed by atoms with Crippen LogP contribution < -0.4 is 5.32 Å². The molecule has 1 amide bonds. The highest BCUT2D eigenvalue weighted by Gasteiger charge is 2.32. The van der Waals surface area contributed by atoms with E-state index in [1.165, 1.54) is 6.92 Å². The van der Waals surface area contributed by atoms with Crippen LogP contribution in [0.1, 0.15) is 52.1 Å². The Labute approximate surface area is 150 Å². The van der Waals surface area contributed by atoms with Gasteiger partial charge >= 0.3 is 5.97 Å². The van der Waals surface area contributed by atoms with Crippen LogP contribution in [-0.2, 0) is 14.3 Å². The van der Waals surface area contributed by atoms with Gasteiger partial charge in [0, 0.05) is 23.6 Å². The second-order valence-electron chi connectivity index (χ2n) is 5.93. The maximum atomic E-state index is 12.9. The van der Waals surface area contributed by atoms with Crippen LogP contribution in [0.2, 0.25) is 0 Å². The topological polar surface area (TPSA) is 89.5 Å². The smallest absolute Gasteiger partial charge is 0.303 e. The second-order valence-corrected chi connectivity index (χ2v) is 5.93. The summed E-state index contributed by atoms with van der Waals surface area (Å²) in [5, 5.41) is 2.62. The first-order valence-corrected chi connectivity index (χ1v) is 8.23. The molecule has 6 nitrogen and oxygen atoms in total. The molecule has 2 aromatic carbocycles. The van der Waals surface area contributed by atoms with Gasteiger partial charge in [-0.1, -0.05) is 43.3 Å². The Balaban J connectivity index is 1.99. The summed E-state index contributed by atoms with van der Waals surface area (Å²) < 4.78 is 4.98. The maximum absolute atomic E-state index is 12.9. The number of carbonyl (C=O) groups excluding carboxylic acids is 4. The molecule has 1 unspecified atom stereocenters. The molecule has 0 aromatic heterocycles. The Bertz CT molecular complexity index is 932. The van der Waals surface area contributed by atoms with Gasteiger partial charge in [0.2, 0.25) is 0 Å². The lowest BCUT2D eigenvalue weighted by Gasteiger charge is -2.21. The Morgan fingerprint density at radius 2 is 1.58 bits per heavy atom. The third kappa shape index (κ3) is 3.01. The van der Waals surface area contributed by atoms with E-state index in [0.717, 1.165) is 0 Å². The molecule has 2 aromatic rings. The molecule has 0 aliphatic heterocycles. The molecule has 0 spiro atoms. The summed E-state index contributed by atoms with van der Waals surface area (Å²) in [7, 11) is 0. The van der Waals surface area contributed by atoms with Crippen molar-refractivity contribution in [3.8, 4) is 0 Å². The van der Waals surface area contributed by atoms with Crippen molar-refractivity contribution in [3.63, 3.8) is 0 Å². The lowest BCUT2D eigenvalue weighted by molar-refractivity contribution is -0.152. The van der Waals surface area contributed by atoms with Crippen LogP contribution in [0.4, 0.5) is 5.69 Å². The molecule has 0 fully saturated rings. The monoisotopic (exact) mass is 351 g/mol. The van der Waals surface area contributed by atoms with Crippen molar-refractivity contribution in [1.82, 2.24) is 0 Å². The van der Waals surface area contributed by atoms with Crippen LogP contribution in [0.3, 0.4) is 0 Å². The zero-order valence-electron chi connectivity index (χ0n) is 14.4. The van der Waals surface area contributed by atoms with Gasteiger partial charge in [0.1, 0.15) is 0 Å². The zero-order valence-corrected chi connectivity index (χ0v) is 14.4. The summed E-state index contributed by atoms with van der Waals surface area (Å²) in [6.45, 7) is 2.93. The Hall–Kier alpha value is -3.28. The van der Waals surface area contributed by atoms with Gasteiger partial charge in [0.25, 0.3) is 5.91 Å². The minimum atomic E-state index is -0.968. The Morgan fingerprint density at radius 1 is 0.962 bits per heavy atom. The first-order chi connectivity index (χ1) is 12.4. The van der Waals surface area contributed by atoms with Crippen LogP contribution in [0.15, 0.2) is 42.5 Å². The molecule has 0 radical (unpaired) electrons. The van der Waals surface area contributed by atoms with E-state index in [0.29, 0.717) is 11.1 Å². The number of ether oxygens (including phenoxy) is 1. The number of nitrogens with one attached hydrogen (secondary N) is 1. The minimum absolute atomic E-state index is 0.155. The van der Waals surface area contributed by atoms with Gasteiger partial charge in [-0.25, -0.2) is 0 Å². The van der Waals surface area contributed by atoms with Crippen molar-refractivity contribution >= 4 is 29.1 Å². The number of amides is 1. The summed E-state index contributed by atoms with van der Waals surface area (Å²) in [6.07, 6.45) is -0.680. The molecular weight excluding hydrogens is 334 g/mol. The molecule has 1 atom stereocenters. The largest absolute Gasteiger partial charge is 0.452 e. The number of esters is 1. The van der Waals surface area contributed by atoms with Gasteiger partial charge in [-0.3, -0.25) is 19.2 Å². The highest BCUT2D eigenvalue weighted by atomic mass is 16.5. The number of fused-ring (bicyclic) bond motifs is 2. The third-order valence-electron chi connectivity index (χ3n) is 4.18. The van der Waals surface area contributed by atoms with Gasteiger partial charge in [0.15, 0.2) is 17.7 Å². The first-order valence-electron chi connectivity index (χ1n) is 8.23. The molecular formula is C20H17NO5. The maximum Gasteiger partial charge on any atom is 0.303 e. The van der Waals surface area contributed by atoms with Crippen LogP contribution in [-0.4, -0.2) is 29.5 Å². The molecule has 0 saturated carbocycles. The summed E-state index contributed by atoms with van der Waals surface area (Å²) in [5.74, 6) is -1.71. The molecule has 0 heterocycles. The van der Waals surface area contributed by atoms with Crippen LogP contribution in [0, 0.1) is 0 Å². The fourth-order valence-corrected chi connectivity index (χ4v) is 2.99. The molecule has 1 N–H and O–H groups in total. The third-order valence-corrected chi connectivity index (χ3v) is 4.18. The van der Waals surface area contributed by atoms with Crippen LogP contribution in [0.5, 0.6) is 0 Å². The number of carbonyl (C=O) groups is 4. The van der Waals surface area contributed by atoms with Crippen molar-refractivity contribution in [3.05, 3.63) is 64.7 Å². The van der Waals surface area contributed by atoms with Crippen molar-refractivity contribution in [2.45, 2.75) is 26.4 Å². The molecule has 132 valence electrons. The van der Waals surface area contributed by atoms with E-state index >= 15 is 0 Å². The number of ketones is 2. The molecule has 26 heavy (non-hydrogen) atoms. The van der Waals surface area contributed by atoms with E-state index in [9.17, 15) is 19.2 Å². The minimum Gasteiger partial charge on any atom is -0.452 e. The van der Waals surface area contributed by atoms with E-state index in [4.69, 9.17) is 4.74 Å². The lowest BCUT2D eigenvalue weighted by Crippen LogP contribution is -2.32. The first kappa shape index (κ1) is 17.5. The highest BCUT2D eigenvalue weighted by Crippen LogP contribution is 2.32. The van der Waals surface area contributed by atoms with Gasteiger partial charge in [-0.05, 0) is 12.5 Å². The average Bonchev–Trinajstić information content (AvgIpc) is 2.63. The number of benzene rings is 2. The fourth-order valence-electron chi connectivity index (χ4n) is 2.99. The average molecular weight is 351 g/mol. The second kappa shape index (κ2) is 6.92. The predicted octanol–water partition coefficient (Wildman–Crippen LogP) is 2.74. The summed E-state index contributed by atoms with van der Waals surface area (Å²) >= 11 is 0. The van der Waals surface area contributed by atoms with Gasteiger partial charge in [-0.2, -0.15) is 0 Å². The van der Waals surface area contributed by atoms with Crippen molar-refractivity contribution in [2.75, 3.05) is 5.32 Å². The van der Waals surface area contributed by atoms with E-state index in [1.54, 1.807) is 49.4 Å². The normalized spacial score (nSPS) is 13.5. The summed E-state index contributed by atoms with van der Waals surface area (Å²) in [5.41, 5.74) is 1.28. The quantitative estimate of drug-likeness (QED) is 0.730. The molecule has 6 heteroatoms. The van der Waals surface area contributed by atoms with Crippen LogP contribution >= 0.6 is 0 Å². The van der Waals surface area contributed by atoms with Crippen LogP contribution in [0.25, 0.3) is 0 Å². The molecule has 1 aliphatic carbocycles.